The second kappa shape index (κ2) is 6.81. The number of cyclic esters (lactones) is 1. The lowest BCUT2D eigenvalue weighted by molar-refractivity contribution is -0.130. The average Bonchev–Trinajstić information content (AvgIpc) is 2.94. The number of benzene rings is 2. The number of carbonyl (C=O) groups excluding carboxylic acids is 1. The van der Waals surface area contributed by atoms with E-state index in [9.17, 15) is 4.79 Å². The molecule has 24 heavy (non-hydrogen) atoms. The molecular formula is C19H15ClO4. The van der Waals surface area contributed by atoms with Gasteiger partial charge in [0.1, 0.15) is 17.3 Å². The molecule has 0 unspecified atom stereocenters. The summed E-state index contributed by atoms with van der Waals surface area (Å²) in [6, 6.07) is 12.6. The molecule has 5 heteroatoms. The number of hydrogen-bond donors (Lipinski definition) is 0. The zero-order chi connectivity index (χ0) is 17.1. The van der Waals surface area contributed by atoms with Crippen LogP contribution in [0.1, 0.15) is 11.1 Å². The smallest absolute Gasteiger partial charge is 0.343 e. The Morgan fingerprint density at radius 1 is 1.08 bits per heavy atom. The Kier molecular flexibility index (Phi) is 4.58. The molecule has 1 aliphatic heterocycles. The Morgan fingerprint density at radius 3 is 2.62 bits per heavy atom. The Bertz CT molecular complexity index is 852. The summed E-state index contributed by atoms with van der Waals surface area (Å²) in [5.74, 6) is 1.25. The minimum absolute atomic E-state index is 0.414. The van der Waals surface area contributed by atoms with E-state index in [1.807, 2.05) is 12.1 Å². The number of ether oxygens (including phenoxy) is 3. The van der Waals surface area contributed by atoms with Crippen LogP contribution in [-0.4, -0.2) is 20.2 Å². The summed E-state index contributed by atoms with van der Waals surface area (Å²) in [7, 11) is 3.13. The van der Waals surface area contributed by atoms with Gasteiger partial charge in [-0.2, -0.15) is 0 Å². The van der Waals surface area contributed by atoms with E-state index in [0.717, 1.165) is 5.56 Å². The molecule has 1 aliphatic rings. The van der Waals surface area contributed by atoms with Crippen molar-refractivity contribution >= 4 is 29.4 Å². The van der Waals surface area contributed by atoms with Crippen molar-refractivity contribution in [3.05, 3.63) is 70.3 Å². The van der Waals surface area contributed by atoms with E-state index in [1.165, 1.54) is 0 Å². The molecule has 2 aromatic rings. The first kappa shape index (κ1) is 16.1. The van der Waals surface area contributed by atoms with Gasteiger partial charge in [0.15, 0.2) is 0 Å². The average molecular weight is 343 g/mol. The van der Waals surface area contributed by atoms with Crippen molar-refractivity contribution < 1.29 is 19.0 Å². The van der Waals surface area contributed by atoms with Crippen LogP contribution in [-0.2, 0) is 9.53 Å². The summed E-state index contributed by atoms with van der Waals surface area (Å²) in [6.45, 7) is 0. The Labute approximate surface area is 144 Å². The van der Waals surface area contributed by atoms with Crippen molar-refractivity contribution in [2.24, 2.45) is 0 Å². The summed E-state index contributed by atoms with van der Waals surface area (Å²) in [6.07, 6.45) is 3.42. The van der Waals surface area contributed by atoms with Crippen LogP contribution in [0.3, 0.4) is 0 Å². The highest BCUT2D eigenvalue weighted by Crippen LogP contribution is 2.35. The molecule has 3 rings (SSSR count). The maximum absolute atomic E-state index is 12.1. The fraction of sp³-hybridized carbons (Fsp3) is 0.105. The van der Waals surface area contributed by atoms with Crippen LogP contribution in [0, 0.1) is 0 Å². The highest BCUT2D eigenvalue weighted by atomic mass is 35.5. The Balaban J connectivity index is 1.97. The second-order valence-electron chi connectivity index (χ2n) is 5.12. The number of halogens is 1. The second-order valence-corrected chi connectivity index (χ2v) is 5.56. The molecule has 0 N–H and O–H groups in total. The quantitative estimate of drug-likeness (QED) is 0.612. The first-order valence-electron chi connectivity index (χ1n) is 7.24. The molecule has 0 saturated carbocycles. The van der Waals surface area contributed by atoms with Gasteiger partial charge < -0.3 is 14.2 Å². The SMILES string of the molecule is COc1ccc(C2=C/C(=C/c3cccc(Cl)c3)C(=O)O2)c(OC)c1. The van der Waals surface area contributed by atoms with Crippen LogP contribution >= 0.6 is 11.6 Å². The van der Waals surface area contributed by atoms with Crippen LogP contribution in [0.25, 0.3) is 11.8 Å². The zero-order valence-electron chi connectivity index (χ0n) is 13.2. The van der Waals surface area contributed by atoms with E-state index >= 15 is 0 Å². The minimum Gasteiger partial charge on any atom is -0.497 e. The van der Waals surface area contributed by atoms with Gasteiger partial charge in [-0.15, -0.1) is 0 Å². The third kappa shape index (κ3) is 3.29. The third-order valence-corrected chi connectivity index (χ3v) is 3.81. The van der Waals surface area contributed by atoms with Gasteiger partial charge >= 0.3 is 5.97 Å². The van der Waals surface area contributed by atoms with Crippen LogP contribution < -0.4 is 9.47 Å². The number of rotatable bonds is 4. The fourth-order valence-corrected chi connectivity index (χ4v) is 2.60. The zero-order valence-corrected chi connectivity index (χ0v) is 14.0. The standard InChI is InChI=1S/C19H15ClO4/c1-22-15-6-7-16(17(11-15)23-2)18-10-13(19(21)24-18)8-12-4-3-5-14(20)9-12/h3-11H,1-2H3/b13-8-. The lowest BCUT2D eigenvalue weighted by atomic mass is 10.1. The molecule has 0 bridgehead atoms. The van der Waals surface area contributed by atoms with Crippen molar-refractivity contribution in [1.82, 2.24) is 0 Å². The van der Waals surface area contributed by atoms with Crippen molar-refractivity contribution in [2.45, 2.75) is 0 Å². The van der Waals surface area contributed by atoms with Gasteiger partial charge in [-0.05, 0) is 42.0 Å². The van der Waals surface area contributed by atoms with Gasteiger partial charge in [-0.3, -0.25) is 0 Å². The summed E-state index contributed by atoms with van der Waals surface area (Å²) in [5.41, 5.74) is 1.96. The van der Waals surface area contributed by atoms with Crippen molar-refractivity contribution in [2.75, 3.05) is 14.2 Å². The van der Waals surface area contributed by atoms with Crippen molar-refractivity contribution in [3.8, 4) is 11.5 Å². The fourth-order valence-electron chi connectivity index (χ4n) is 2.40. The van der Waals surface area contributed by atoms with Gasteiger partial charge in [0, 0.05) is 11.1 Å². The normalized spacial score (nSPS) is 15.2. The summed E-state index contributed by atoms with van der Waals surface area (Å²) < 4.78 is 15.9. The number of hydrogen-bond acceptors (Lipinski definition) is 4. The molecule has 1 heterocycles. The molecule has 0 spiro atoms. The predicted molar refractivity (Wildman–Crippen MR) is 93.0 cm³/mol. The van der Waals surface area contributed by atoms with E-state index in [1.54, 1.807) is 56.7 Å². The summed E-state index contributed by atoms with van der Waals surface area (Å²) >= 11 is 5.97. The monoisotopic (exact) mass is 342 g/mol. The number of methoxy groups -OCH3 is 2. The molecule has 0 atom stereocenters. The molecule has 0 aliphatic carbocycles. The third-order valence-electron chi connectivity index (χ3n) is 3.57. The molecule has 0 amide bonds. The number of esters is 1. The topological polar surface area (TPSA) is 44.8 Å². The van der Waals surface area contributed by atoms with Crippen molar-refractivity contribution in [3.63, 3.8) is 0 Å². The molecule has 2 aromatic carbocycles. The van der Waals surface area contributed by atoms with Crippen LogP contribution in [0.4, 0.5) is 0 Å². The van der Waals surface area contributed by atoms with Gasteiger partial charge in [0.25, 0.3) is 0 Å². The molecule has 0 fully saturated rings. The van der Waals surface area contributed by atoms with E-state index < -0.39 is 5.97 Å². The first-order chi connectivity index (χ1) is 11.6. The lowest BCUT2D eigenvalue weighted by Gasteiger charge is -2.10. The Hall–Kier alpha value is -2.72. The lowest BCUT2D eigenvalue weighted by Crippen LogP contribution is -1.98. The van der Waals surface area contributed by atoms with Crippen LogP contribution in [0.15, 0.2) is 54.1 Å². The van der Waals surface area contributed by atoms with Gasteiger partial charge in [-0.1, -0.05) is 23.7 Å². The molecule has 122 valence electrons. The van der Waals surface area contributed by atoms with Crippen LogP contribution in [0.5, 0.6) is 11.5 Å². The van der Waals surface area contributed by atoms with Crippen molar-refractivity contribution in [1.29, 1.82) is 0 Å². The molecule has 0 aromatic heterocycles. The van der Waals surface area contributed by atoms with E-state index in [0.29, 0.717) is 33.4 Å². The highest BCUT2D eigenvalue weighted by Gasteiger charge is 2.24. The summed E-state index contributed by atoms with van der Waals surface area (Å²) in [4.78, 5) is 12.1. The predicted octanol–water partition coefficient (Wildman–Crippen LogP) is 4.34. The van der Waals surface area contributed by atoms with Gasteiger partial charge in [-0.25, -0.2) is 4.79 Å². The van der Waals surface area contributed by atoms with Gasteiger partial charge in [0.05, 0.1) is 25.4 Å². The minimum atomic E-state index is -0.414. The molecular weight excluding hydrogens is 328 g/mol. The van der Waals surface area contributed by atoms with Crippen LogP contribution in [0.2, 0.25) is 5.02 Å². The maximum atomic E-state index is 12.1. The van der Waals surface area contributed by atoms with E-state index in [-0.39, 0.29) is 0 Å². The van der Waals surface area contributed by atoms with E-state index in [2.05, 4.69) is 0 Å². The Morgan fingerprint density at radius 2 is 1.92 bits per heavy atom. The number of carbonyl (C=O) groups is 1. The molecule has 0 radical (unpaired) electrons. The summed E-state index contributed by atoms with van der Waals surface area (Å²) in [5, 5.41) is 0.608. The first-order valence-corrected chi connectivity index (χ1v) is 7.62. The van der Waals surface area contributed by atoms with Gasteiger partial charge in [0.2, 0.25) is 0 Å². The van der Waals surface area contributed by atoms with E-state index in [4.69, 9.17) is 25.8 Å². The maximum Gasteiger partial charge on any atom is 0.343 e. The molecule has 4 nitrogen and oxygen atoms in total. The molecule has 0 saturated heterocycles. The largest absolute Gasteiger partial charge is 0.497 e. The highest BCUT2D eigenvalue weighted by molar-refractivity contribution is 6.30.